The first kappa shape index (κ1) is 20.9. The van der Waals surface area contributed by atoms with Crippen LogP contribution in [0.4, 0.5) is 24.9 Å². The van der Waals surface area contributed by atoms with Gasteiger partial charge in [-0.05, 0) is 18.9 Å². The monoisotopic (exact) mass is 340 g/mol. The lowest BCUT2D eigenvalue weighted by atomic mass is 10.4. The molecule has 1 rings (SSSR count). The van der Waals surface area contributed by atoms with Gasteiger partial charge in [0.05, 0.1) is 0 Å². The van der Waals surface area contributed by atoms with E-state index < -0.39 is 12.1 Å². The molecule has 1 aromatic rings. The maximum absolute atomic E-state index is 10.6. The number of anilines is 2. The van der Waals surface area contributed by atoms with E-state index in [1.54, 1.807) is 12.3 Å². The van der Waals surface area contributed by atoms with Gasteiger partial charge < -0.3 is 26.0 Å². The number of aliphatic hydroxyl groups is 2. The number of hydrogen-bond acceptors (Lipinski definition) is 7. The minimum Gasteiger partial charge on any atom is -0.475 e. The second-order valence-corrected chi connectivity index (χ2v) is 4.08. The molecule has 5 N–H and O–H groups in total. The Hall–Kier alpha value is -2.14. The van der Waals surface area contributed by atoms with Crippen LogP contribution in [0.1, 0.15) is 12.8 Å². The molecule has 8 nitrogen and oxygen atoms in total. The lowest BCUT2D eigenvalue weighted by Gasteiger charge is -2.07. The number of aliphatic hydroxyl groups excluding tert-OH is 2. The predicted molar refractivity (Wildman–Crippen MR) is 76.1 cm³/mol. The smallest absolute Gasteiger partial charge is 0.475 e. The third-order valence-electron chi connectivity index (χ3n) is 2.16. The Labute approximate surface area is 130 Å². The fraction of sp³-hybridized carbons (Fsp3) is 0.583. The number of aromatic nitrogens is 2. The van der Waals surface area contributed by atoms with Crippen molar-refractivity contribution >= 4 is 17.7 Å². The maximum Gasteiger partial charge on any atom is 0.490 e. The number of hydrogen-bond donors (Lipinski definition) is 5. The number of carbonyl (C=O) groups is 1. The average molecular weight is 340 g/mol. The van der Waals surface area contributed by atoms with E-state index >= 15 is 0 Å². The zero-order valence-corrected chi connectivity index (χ0v) is 12.2. The quantitative estimate of drug-likeness (QED) is 0.438. The number of nitrogens with zero attached hydrogens (tertiary/aromatic N) is 2. The molecule has 0 amide bonds. The first-order valence-electron chi connectivity index (χ1n) is 6.64. The topological polar surface area (TPSA) is 128 Å². The van der Waals surface area contributed by atoms with Crippen LogP contribution in [-0.2, 0) is 4.79 Å². The van der Waals surface area contributed by atoms with Crippen molar-refractivity contribution in [1.29, 1.82) is 0 Å². The van der Waals surface area contributed by atoms with Crippen molar-refractivity contribution in [3.63, 3.8) is 0 Å². The van der Waals surface area contributed by atoms with E-state index in [1.807, 2.05) is 0 Å². The Bertz CT molecular complexity index is 435. The second kappa shape index (κ2) is 11.4. The first-order valence-corrected chi connectivity index (χ1v) is 6.64. The molecule has 0 unspecified atom stereocenters. The zero-order valence-electron chi connectivity index (χ0n) is 12.2. The molecule has 0 aliphatic carbocycles. The summed E-state index contributed by atoms with van der Waals surface area (Å²) >= 11 is 0. The van der Waals surface area contributed by atoms with Crippen LogP contribution < -0.4 is 10.6 Å². The molecule has 0 spiro atoms. The van der Waals surface area contributed by atoms with E-state index in [0.717, 1.165) is 5.82 Å². The largest absolute Gasteiger partial charge is 0.490 e. The summed E-state index contributed by atoms with van der Waals surface area (Å²) in [5.41, 5.74) is 0. The van der Waals surface area contributed by atoms with Crippen LogP contribution in [0.2, 0.25) is 0 Å². The molecule has 0 aromatic carbocycles. The van der Waals surface area contributed by atoms with E-state index in [4.69, 9.17) is 20.1 Å². The molecular formula is C12H19F3N4O4. The lowest BCUT2D eigenvalue weighted by molar-refractivity contribution is -0.192. The molecule has 0 saturated carbocycles. The molecule has 0 fully saturated rings. The molecule has 0 atom stereocenters. The molecular weight excluding hydrogens is 321 g/mol. The highest BCUT2D eigenvalue weighted by Gasteiger charge is 2.38. The van der Waals surface area contributed by atoms with Gasteiger partial charge >= 0.3 is 12.1 Å². The molecule has 0 radical (unpaired) electrons. The van der Waals surface area contributed by atoms with Crippen LogP contribution in [0.3, 0.4) is 0 Å². The lowest BCUT2D eigenvalue weighted by Crippen LogP contribution is -2.21. The van der Waals surface area contributed by atoms with Gasteiger partial charge in [0, 0.05) is 32.5 Å². The van der Waals surface area contributed by atoms with Crippen molar-refractivity contribution in [2.75, 3.05) is 36.9 Å². The van der Waals surface area contributed by atoms with Crippen LogP contribution in [-0.4, -0.2) is 63.7 Å². The van der Waals surface area contributed by atoms with Gasteiger partial charge in [-0.1, -0.05) is 0 Å². The number of alkyl halides is 3. The van der Waals surface area contributed by atoms with Gasteiger partial charge in [-0.15, -0.1) is 0 Å². The SMILES string of the molecule is O=C(O)C(F)(F)F.OCCCNc1ccnc(NCCCO)n1. The maximum atomic E-state index is 10.6. The van der Waals surface area contributed by atoms with Crippen LogP contribution in [0.25, 0.3) is 0 Å². The van der Waals surface area contributed by atoms with Crippen LogP contribution in [0, 0.1) is 0 Å². The van der Waals surface area contributed by atoms with E-state index in [0.29, 0.717) is 31.9 Å². The van der Waals surface area contributed by atoms with Crippen LogP contribution in [0.5, 0.6) is 0 Å². The molecule has 11 heteroatoms. The molecule has 0 bridgehead atoms. The number of rotatable bonds is 8. The number of nitrogens with one attached hydrogen (secondary N) is 2. The van der Waals surface area contributed by atoms with E-state index in [1.165, 1.54) is 0 Å². The minimum atomic E-state index is -5.08. The Kier molecular flexibility index (Phi) is 10.4. The summed E-state index contributed by atoms with van der Waals surface area (Å²) < 4.78 is 31.7. The van der Waals surface area contributed by atoms with Gasteiger partial charge in [0.15, 0.2) is 0 Å². The first-order chi connectivity index (χ1) is 10.8. The molecule has 0 aliphatic heterocycles. The van der Waals surface area contributed by atoms with Gasteiger partial charge in [0.25, 0.3) is 0 Å². The molecule has 1 heterocycles. The summed E-state index contributed by atoms with van der Waals surface area (Å²) in [6.07, 6.45) is -2.06. The standard InChI is InChI=1S/C10H18N4O2.C2HF3O2/c15-7-1-4-11-9-3-6-13-10(14-9)12-5-2-8-16;3-2(4,5)1(6)7/h3,6,15-16H,1-2,4-5,7-8H2,(H2,11,12,13,14);(H,6,7). The Morgan fingerprint density at radius 2 is 1.65 bits per heavy atom. The summed E-state index contributed by atoms with van der Waals surface area (Å²) in [6.45, 7) is 1.65. The summed E-state index contributed by atoms with van der Waals surface area (Å²) in [5.74, 6) is -1.48. The van der Waals surface area contributed by atoms with Gasteiger partial charge in [-0.3, -0.25) is 0 Å². The Balaban J connectivity index is 0.000000585. The zero-order chi connectivity index (χ0) is 17.7. The van der Waals surface area contributed by atoms with Crippen LogP contribution >= 0.6 is 0 Å². The van der Waals surface area contributed by atoms with Crippen molar-refractivity contribution in [2.24, 2.45) is 0 Å². The second-order valence-electron chi connectivity index (χ2n) is 4.08. The third-order valence-corrected chi connectivity index (χ3v) is 2.16. The van der Waals surface area contributed by atoms with E-state index in [9.17, 15) is 13.2 Å². The fourth-order valence-electron chi connectivity index (χ4n) is 1.12. The highest BCUT2D eigenvalue weighted by Crippen LogP contribution is 2.13. The normalized spacial score (nSPS) is 10.5. The van der Waals surface area contributed by atoms with Gasteiger partial charge in [0.2, 0.25) is 5.95 Å². The molecule has 1 aromatic heterocycles. The van der Waals surface area contributed by atoms with Crippen molar-refractivity contribution < 1.29 is 33.3 Å². The fourth-order valence-corrected chi connectivity index (χ4v) is 1.12. The molecule has 23 heavy (non-hydrogen) atoms. The van der Waals surface area contributed by atoms with Crippen molar-refractivity contribution in [3.8, 4) is 0 Å². The Morgan fingerprint density at radius 3 is 2.13 bits per heavy atom. The van der Waals surface area contributed by atoms with Crippen molar-refractivity contribution in [1.82, 2.24) is 9.97 Å². The summed E-state index contributed by atoms with van der Waals surface area (Å²) in [6, 6.07) is 1.77. The highest BCUT2D eigenvalue weighted by atomic mass is 19.4. The van der Waals surface area contributed by atoms with Gasteiger partial charge in [0.1, 0.15) is 5.82 Å². The van der Waals surface area contributed by atoms with Crippen molar-refractivity contribution in [2.45, 2.75) is 19.0 Å². The number of halogens is 3. The van der Waals surface area contributed by atoms with Gasteiger partial charge in [-0.2, -0.15) is 18.2 Å². The molecule has 132 valence electrons. The number of aliphatic carboxylic acids is 1. The Morgan fingerprint density at radius 1 is 1.13 bits per heavy atom. The van der Waals surface area contributed by atoms with E-state index in [-0.39, 0.29) is 13.2 Å². The summed E-state index contributed by atoms with van der Waals surface area (Å²) in [5, 5.41) is 30.5. The van der Waals surface area contributed by atoms with E-state index in [2.05, 4.69) is 20.6 Å². The number of carboxylic acid groups (broad SMARTS) is 1. The highest BCUT2D eigenvalue weighted by molar-refractivity contribution is 5.73. The van der Waals surface area contributed by atoms with Crippen LogP contribution in [0.15, 0.2) is 12.3 Å². The van der Waals surface area contributed by atoms with Gasteiger partial charge in [-0.25, -0.2) is 9.78 Å². The summed E-state index contributed by atoms with van der Waals surface area (Å²) in [7, 11) is 0. The average Bonchev–Trinajstić information content (AvgIpc) is 2.48. The predicted octanol–water partition coefficient (Wildman–Crippen LogP) is 0.698. The summed E-state index contributed by atoms with van der Waals surface area (Å²) in [4.78, 5) is 17.2. The molecule has 0 saturated heterocycles. The number of carboxylic acids is 1. The molecule has 0 aliphatic rings. The minimum absolute atomic E-state index is 0.154. The third kappa shape index (κ3) is 11.1. The van der Waals surface area contributed by atoms with Crippen molar-refractivity contribution in [3.05, 3.63) is 12.3 Å².